The number of amides is 1. The number of carbonyl (C=O) groups excluding carboxylic acids is 1. The predicted molar refractivity (Wildman–Crippen MR) is 107 cm³/mol. The molecule has 0 atom stereocenters. The number of thiophene rings is 1. The fourth-order valence-corrected chi connectivity index (χ4v) is 3.69. The van der Waals surface area contributed by atoms with Gasteiger partial charge in [-0.2, -0.15) is 5.10 Å². The van der Waals surface area contributed by atoms with E-state index in [1.165, 1.54) is 11.3 Å². The van der Waals surface area contributed by atoms with E-state index in [1.54, 1.807) is 10.9 Å². The van der Waals surface area contributed by atoms with Crippen LogP contribution < -0.4 is 10.6 Å². The van der Waals surface area contributed by atoms with Crippen LogP contribution in [0.3, 0.4) is 0 Å². The summed E-state index contributed by atoms with van der Waals surface area (Å²) in [6.45, 7) is 2.89. The fraction of sp³-hybridized carbons (Fsp3) is 0.158. The summed E-state index contributed by atoms with van der Waals surface area (Å²) < 4.78 is 2.80. The summed E-state index contributed by atoms with van der Waals surface area (Å²) in [5, 5.41) is 11.4. The van der Waals surface area contributed by atoms with Crippen molar-refractivity contribution in [1.29, 1.82) is 0 Å². The van der Waals surface area contributed by atoms with Gasteiger partial charge in [0.15, 0.2) is 5.82 Å². The number of fused-ring (bicyclic) bond motifs is 1. The molecule has 2 N–H and O–H groups in total. The van der Waals surface area contributed by atoms with Gasteiger partial charge in [-0.05, 0) is 30.5 Å². The first-order valence-corrected chi connectivity index (χ1v) is 9.37. The van der Waals surface area contributed by atoms with Gasteiger partial charge in [0.1, 0.15) is 11.6 Å². The third-order valence-corrected chi connectivity index (χ3v) is 5.04. The predicted octanol–water partition coefficient (Wildman–Crippen LogP) is 3.03. The van der Waals surface area contributed by atoms with Crippen LogP contribution in [0, 0.1) is 6.92 Å². The summed E-state index contributed by atoms with van der Waals surface area (Å²) in [4.78, 5) is 21.8. The Labute approximate surface area is 160 Å². The molecule has 27 heavy (non-hydrogen) atoms. The third kappa shape index (κ3) is 3.95. The van der Waals surface area contributed by atoms with Gasteiger partial charge in [-0.25, -0.2) is 14.6 Å². The number of nitrogens with one attached hydrogen (secondary N) is 2. The first-order valence-electron chi connectivity index (χ1n) is 8.55. The lowest BCUT2D eigenvalue weighted by Gasteiger charge is -2.09. The molecule has 7 nitrogen and oxygen atoms in total. The van der Waals surface area contributed by atoms with Crippen molar-refractivity contribution in [1.82, 2.24) is 25.1 Å². The molecule has 1 aromatic carbocycles. The molecule has 0 aliphatic carbocycles. The molecule has 8 heteroatoms. The van der Waals surface area contributed by atoms with Crippen LogP contribution in [0.15, 0.2) is 54.9 Å². The van der Waals surface area contributed by atoms with E-state index >= 15 is 0 Å². The SMILES string of the molecule is Cc1nc(NCCNC(=O)c2cc3ccccc3s2)cc(-n2cccn2)n1. The van der Waals surface area contributed by atoms with Crippen LogP contribution in [0.5, 0.6) is 0 Å². The Hall–Kier alpha value is -3.26. The maximum Gasteiger partial charge on any atom is 0.261 e. The van der Waals surface area contributed by atoms with Crippen molar-refractivity contribution < 1.29 is 4.79 Å². The molecule has 0 saturated carbocycles. The van der Waals surface area contributed by atoms with Crippen molar-refractivity contribution in [3.05, 3.63) is 65.6 Å². The first kappa shape index (κ1) is 17.2. The average Bonchev–Trinajstić information content (AvgIpc) is 3.34. The Bertz CT molecular complexity index is 1040. The molecule has 0 bridgehead atoms. The second kappa shape index (κ2) is 7.55. The number of aryl methyl sites for hydroxylation is 1. The summed E-state index contributed by atoms with van der Waals surface area (Å²) in [5.41, 5.74) is 0. The molecule has 1 amide bonds. The Kier molecular flexibility index (Phi) is 4.80. The zero-order valence-corrected chi connectivity index (χ0v) is 15.5. The van der Waals surface area contributed by atoms with Crippen LogP contribution >= 0.6 is 11.3 Å². The lowest BCUT2D eigenvalue weighted by molar-refractivity contribution is 0.0959. The molecule has 0 aliphatic heterocycles. The number of hydrogen-bond donors (Lipinski definition) is 2. The molecule has 4 rings (SSSR count). The van der Waals surface area contributed by atoms with E-state index in [1.807, 2.05) is 55.6 Å². The van der Waals surface area contributed by atoms with Gasteiger partial charge in [0.25, 0.3) is 5.91 Å². The lowest BCUT2D eigenvalue weighted by atomic mass is 10.2. The van der Waals surface area contributed by atoms with Crippen LogP contribution in [-0.2, 0) is 0 Å². The van der Waals surface area contributed by atoms with Gasteiger partial charge in [-0.1, -0.05) is 18.2 Å². The number of nitrogens with zero attached hydrogens (tertiary/aromatic N) is 4. The van der Waals surface area contributed by atoms with Gasteiger partial charge < -0.3 is 10.6 Å². The first-order chi connectivity index (χ1) is 13.2. The monoisotopic (exact) mass is 378 g/mol. The van der Waals surface area contributed by atoms with Crippen molar-refractivity contribution in [2.24, 2.45) is 0 Å². The molecule has 3 heterocycles. The highest BCUT2D eigenvalue weighted by Crippen LogP contribution is 2.24. The lowest BCUT2D eigenvalue weighted by Crippen LogP contribution is -2.28. The highest BCUT2D eigenvalue weighted by molar-refractivity contribution is 7.20. The summed E-state index contributed by atoms with van der Waals surface area (Å²) in [7, 11) is 0. The molecule has 0 radical (unpaired) electrons. The van der Waals surface area contributed by atoms with E-state index in [0.29, 0.717) is 30.5 Å². The molecular weight excluding hydrogens is 360 g/mol. The van der Waals surface area contributed by atoms with Gasteiger partial charge in [0.2, 0.25) is 0 Å². The molecular formula is C19H18N6OS. The van der Waals surface area contributed by atoms with Crippen molar-refractivity contribution in [3.63, 3.8) is 0 Å². The van der Waals surface area contributed by atoms with E-state index in [2.05, 4.69) is 25.7 Å². The third-order valence-electron chi connectivity index (χ3n) is 3.93. The van der Waals surface area contributed by atoms with Crippen molar-refractivity contribution in [2.75, 3.05) is 18.4 Å². The standard InChI is InChI=1S/C19H18N6OS/c1-13-23-17(12-18(24-13)25-10-4-7-22-25)20-8-9-21-19(26)16-11-14-5-2-3-6-15(14)27-16/h2-7,10-12H,8-9H2,1H3,(H,21,26)(H,20,23,24). The molecule has 0 fully saturated rings. The summed E-state index contributed by atoms with van der Waals surface area (Å²) in [6.07, 6.45) is 3.53. The van der Waals surface area contributed by atoms with E-state index in [9.17, 15) is 4.79 Å². The number of carbonyl (C=O) groups is 1. The Morgan fingerprint density at radius 1 is 1.15 bits per heavy atom. The molecule has 0 aliphatic rings. The van der Waals surface area contributed by atoms with Crippen LogP contribution in [0.2, 0.25) is 0 Å². The number of anilines is 1. The molecule has 0 saturated heterocycles. The maximum absolute atomic E-state index is 12.3. The quantitative estimate of drug-likeness (QED) is 0.504. The molecule has 136 valence electrons. The zero-order valence-electron chi connectivity index (χ0n) is 14.7. The van der Waals surface area contributed by atoms with Gasteiger partial charge in [0, 0.05) is 36.2 Å². The van der Waals surface area contributed by atoms with Gasteiger partial charge >= 0.3 is 0 Å². The number of benzene rings is 1. The summed E-state index contributed by atoms with van der Waals surface area (Å²) in [6, 6.07) is 13.6. The molecule has 3 aromatic heterocycles. The van der Waals surface area contributed by atoms with Crippen LogP contribution in [-0.4, -0.2) is 38.7 Å². The molecule has 4 aromatic rings. The minimum atomic E-state index is -0.0610. The minimum absolute atomic E-state index is 0.0610. The van der Waals surface area contributed by atoms with Gasteiger partial charge in [-0.15, -0.1) is 11.3 Å². The van der Waals surface area contributed by atoms with Crippen LogP contribution in [0.4, 0.5) is 5.82 Å². The second-order valence-corrected chi connectivity index (χ2v) is 7.02. The molecule has 0 unspecified atom stereocenters. The van der Waals surface area contributed by atoms with Crippen LogP contribution in [0.25, 0.3) is 15.9 Å². The minimum Gasteiger partial charge on any atom is -0.368 e. The van der Waals surface area contributed by atoms with Gasteiger partial charge in [-0.3, -0.25) is 4.79 Å². The zero-order chi connectivity index (χ0) is 18.6. The Balaban J connectivity index is 1.34. The largest absolute Gasteiger partial charge is 0.368 e. The smallest absolute Gasteiger partial charge is 0.261 e. The number of aromatic nitrogens is 4. The van der Waals surface area contributed by atoms with Gasteiger partial charge in [0.05, 0.1) is 4.88 Å². The van der Waals surface area contributed by atoms with Crippen molar-refractivity contribution in [3.8, 4) is 5.82 Å². The van der Waals surface area contributed by atoms with Crippen molar-refractivity contribution in [2.45, 2.75) is 6.92 Å². The maximum atomic E-state index is 12.3. The fourth-order valence-electron chi connectivity index (χ4n) is 2.71. The van der Waals surface area contributed by atoms with E-state index in [4.69, 9.17) is 0 Å². The van der Waals surface area contributed by atoms with E-state index < -0.39 is 0 Å². The molecule has 0 spiro atoms. The average molecular weight is 378 g/mol. The topological polar surface area (TPSA) is 84.7 Å². The summed E-state index contributed by atoms with van der Waals surface area (Å²) >= 11 is 1.50. The normalized spacial score (nSPS) is 10.9. The number of rotatable bonds is 6. The highest BCUT2D eigenvalue weighted by Gasteiger charge is 2.09. The van der Waals surface area contributed by atoms with E-state index in [-0.39, 0.29) is 5.91 Å². The number of hydrogen-bond acceptors (Lipinski definition) is 6. The van der Waals surface area contributed by atoms with E-state index in [0.717, 1.165) is 15.0 Å². The highest BCUT2D eigenvalue weighted by atomic mass is 32.1. The Morgan fingerprint density at radius 2 is 2.04 bits per heavy atom. The van der Waals surface area contributed by atoms with Crippen molar-refractivity contribution >= 4 is 33.1 Å². The Morgan fingerprint density at radius 3 is 2.85 bits per heavy atom. The second-order valence-electron chi connectivity index (χ2n) is 5.94. The summed E-state index contributed by atoms with van der Waals surface area (Å²) in [5.74, 6) is 1.99. The van der Waals surface area contributed by atoms with Crippen LogP contribution in [0.1, 0.15) is 15.5 Å².